The van der Waals surface area contributed by atoms with Crippen LogP contribution in [0.2, 0.25) is 0 Å². The number of hydrogen-bond donors (Lipinski definition) is 0. The van der Waals surface area contributed by atoms with Crippen molar-refractivity contribution in [2.75, 3.05) is 19.7 Å². The lowest BCUT2D eigenvalue weighted by Crippen LogP contribution is -2.60. The van der Waals surface area contributed by atoms with Gasteiger partial charge in [0, 0.05) is 42.3 Å². The Morgan fingerprint density at radius 1 is 1.21 bits per heavy atom. The minimum Gasteiger partial charge on any atom is -0.493 e. The quantitative estimate of drug-likeness (QED) is 0.865. The van der Waals surface area contributed by atoms with Crippen molar-refractivity contribution in [2.24, 2.45) is 5.41 Å². The first-order valence-corrected chi connectivity index (χ1v) is 8.95. The molecular formula is C20H27N3O. The van der Waals surface area contributed by atoms with E-state index in [0.717, 1.165) is 38.4 Å². The van der Waals surface area contributed by atoms with Crippen molar-refractivity contribution < 1.29 is 4.74 Å². The lowest BCUT2D eigenvalue weighted by Gasteiger charge is -2.52. The van der Waals surface area contributed by atoms with E-state index in [-0.39, 0.29) is 0 Å². The standard InChI is InChI=1S/C20H27N3O/c1-14(2)23-16(4)18(15(3)21-23)10-22-11-20(12-22)9-17-7-5-6-8-19(17)24-13-20/h5-8,14H,9-13H2,1-4H3. The Kier molecular flexibility index (Phi) is 3.68. The summed E-state index contributed by atoms with van der Waals surface area (Å²) in [5.41, 5.74) is 5.56. The summed E-state index contributed by atoms with van der Waals surface area (Å²) in [6.07, 6.45) is 1.14. The monoisotopic (exact) mass is 325 g/mol. The van der Waals surface area contributed by atoms with Crippen LogP contribution in [0.5, 0.6) is 5.75 Å². The molecule has 24 heavy (non-hydrogen) atoms. The zero-order valence-corrected chi connectivity index (χ0v) is 15.2. The average molecular weight is 325 g/mol. The summed E-state index contributed by atoms with van der Waals surface area (Å²) < 4.78 is 8.17. The Morgan fingerprint density at radius 3 is 2.67 bits per heavy atom. The number of aryl methyl sites for hydroxylation is 1. The fourth-order valence-corrected chi connectivity index (χ4v) is 4.35. The van der Waals surface area contributed by atoms with Gasteiger partial charge in [-0.1, -0.05) is 18.2 Å². The topological polar surface area (TPSA) is 30.3 Å². The molecule has 2 aliphatic heterocycles. The number of nitrogens with zero attached hydrogens (tertiary/aromatic N) is 3. The van der Waals surface area contributed by atoms with Gasteiger partial charge in [-0.05, 0) is 45.7 Å². The molecule has 1 aromatic carbocycles. The number of fused-ring (bicyclic) bond motifs is 1. The molecule has 4 heteroatoms. The summed E-state index contributed by atoms with van der Waals surface area (Å²) >= 11 is 0. The van der Waals surface area contributed by atoms with Gasteiger partial charge in [-0.25, -0.2) is 0 Å². The third-order valence-corrected chi connectivity index (χ3v) is 5.54. The molecule has 0 N–H and O–H groups in total. The molecule has 4 nitrogen and oxygen atoms in total. The lowest BCUT2D eigenvalue weighted by atomic mass is 9.74. The van der Waals surface area contributed by atoms with E-state index in [4.69, 9.17) is 9.84 Å². The lowest BCUT2D eigenvalue weighted by molar-refractivity contribution is -0.0480. The van der Waals surface area contributed by atoms with E-state index >= 15 is 0 Å². The summed E-state index contributed by atoms with van der Waals surface area (Å²) in [5.74, 6) is 1.08. The van der Waals surface area contributed by atoms with Gasteiger partial charge in [-0.2, -0.15) is 5.10 Å². The summed E-state index contributed by atoms with van der Waals surface area (Å²) in [6, 6.07) is 8.89. The van der Waals surface area contributed by atoms with E-state index in [1.54, 1.807) is 0 Å². The highest BCUT2D eigenvalue weighted by Gasteiger charge is 2.46. The highest BCUT2D eigenvalue weighted by molar-refractivity contribution is 5.37. The second-order valence-electron chi connectivity index (χ2n) is 7.91. The van der Waals surface area contributed by atoms with Gasteiger partial charge < -0.3 is 4.74 Å². The normalized spacial score (nSPS) is 19.2. The maximum absolute atomic E-state index is 6.02. The molecule has 0 saturated carbocycles. The van der Waals surface area contributed by atoms with Gasteiger partial charge in [0.1, 0.15) is 5.75 Å². The second kappa shape index (κ2) is 5.62. The van der Waals surface area contributed by atoms with Crippen molar-refractivity contribution in [3.05, 3.63) is 46.8 Å². The molecular weight excluding hydrogens is 298 g/mol. The summed E-state index contributed by atoms with van der Waals surface area (Å²) in [6.45, 7) is 12.8. The van der Waals surface area contributed by atoms with Crippen LogP contribution in [0.3, 0.4) is 0 Å². The van der Waals surface area contributed by atoms with Crippen molar-refractivity contribution in [3.63, 3.8) is 0 Å². The molecule has 1 aromatic heterocycles. The first-order chi connectivity index (χ1) is 11.5. The molecule has 2 aliphatic rings. The zero-order valence-electron chi connectivity index (χ0n) is 15.2. The van der Waals surface area contributed by atoms with Crippen molar-refractivity contribution >= 4 is 0 Å². The third kappa shape index (κ3) is 2.53. The predicted octanol–water partition coefficient (Wildman–Crippen LogP) is 3.52. The molecule has 0 unspecified atom stereocenters. The van der Waals surface area contributed by atoms with Gasteiger partial charge in [-0.3, -0.25) is 9.58 Å². The zero-order chi connectivity index (χ0) is 16.9. The molecule has 128 valence electrons. The van der Waals surface area contributed by atoms with Crippen LogP contribution in [0.15, 0.2) is 24.3 Å². The highest BCUT2D eigenvalue weighted by Crippen LogP contribution is 2.41. The fraction of sp³-hybridized carbons (Fsp3) is 0.550. The van der Waals surface area contributed by atoms with Gasteiger partial charge in [0.2, 0.25) is 0 Å². The number of likely N-dealkylation sites (tertiary alicyclic amines) is 1. The number of hydrogen-bond acceptors (Lipinski definition) is 3. The highest BCUT2D eigenvalue weighted by atomic mass is 16.5. The van der Waals surface area contributed by atoms with Crippen LogP contribution >= 0.6 is 0 Å². The molecule has 0 aliphatic carbocycles. The first-order valence-electron chi connectivity index (χ1n) is 8.95. The molecule has 2 aromatic rings. The van der Waals surface area contributed by atoms with Crippen molar-refractivity contribution in [2.45, 2.75) is 46.7 Å². The van der Waals surface area contributed by atoms with Crippen LogP contribution in [0.25, 0.3) is 0 Å². The van der Waals surface area contributed by atoms with Gasteiger partial charge in [0.25, 0.3) is 0 Å². The van der Waals surface area contributed by atoms with Crippen LogP contribution < -0.4 is 4.74 Å². The van der Waals surface area contributed by atoms with Crippen LogP contribution in [0.4, 0.5) is 0 Å². The van der Waals surface area contributed by atoms with E-state index in [1.807, 2.05) is 0 Å². The van der Waals surface area contributed by atoms with E-state index in [9.17, 15) is 0 Å². The summed E-state index contributed by atoms with van der Waals surface area (Å²) in [4.78, 5) is 2.54. The summed E-state index contributed by atoms with van der Waals surface area (Å²) in [7, 11) is 0. The van der Waals surface area contributed by atoms with Crippen molar-refractivity contribution in [1.82, 2.24) is 14.7 Å². The number of aromatic nitrogens is 2. The van der Waals surface area contributed by atoms with Gasteiger partial charge in [0.15, 0.2) is 0 Å². The maximum Gasteiger partial charge on any atom is 0.122 e. The van der Waals surface area contributed by atoms with Crippen LogP contribution in [-0.4, -0.2) is 34.4 Å². The van der Waals surface area contributed by atoms with E-state index < -0.39 is 0 Å². The first kappa shape index (κ1) is 15.7. The molecule has 1 spiro atoms. The average Bonchev–Trinajstić information content (AvgIpc) is 2.81. The second-order valence-corrected chi connectivity index (χ2v) is 7.91. The Morgan fingerprint density at radius 2 is 1.96 bits per heavy atom. The van der Waals surface area contributed by atoms with Gasteiger partial charge >= 0.3 is 0 Å². The Labute approximate surface area is 144 Å². The minimum atomic E-state index is 0.310. The molecule has 1 fully saturated rings. The summed E-state index contributed by atoms with van der Waals surface area (Å²) in [5, 5.41) is 4.72. The van der Waals surface area contributed by atoms with E-state index in [1.165, 1.54) is 22.5 Å². The maximum atomic E-state index is 6.02. The molecule has 0 amide bonds. The molecule has 0 bridgehead atoms. The van der Waals surface area contributed by atoms with Crippen LogP contribution in [0.1, 0.15) is 42.4 Å². The Hall–Kier alpha value is -1.81. The number of ether oxygens (including phenoxy) is 1. The molecule has 0 radical (unpaired) electrons. The molecule has 4 rings (SSSR count). The Bertz CT molecular complexity index is 756. The molecule has 1 saturated heterocycles. The SMILES string of the molecule is Cc1nn(C(C)C)c(C)c1CN1CC2(COc3ccccc3C2)C1. The van der Waals surface area contributed by atoms with Crippen LogP contribution in [-0.2, 0) is 13.0 Å². The van der Waals surface area contributed by atoms with Gasteiger partial charge in [-0.15, -0.1) is 0 Å². The minimum absolute atomic E-state index is 0.310. The van der Waals surface area contributed by atoms with E-state index in [0.29, 0.717) is 11.5 Å². The van der Waals surface area contributed by atoms with Crippen molar-refractivity contribution in [3.8, 4) is 5.75 Å². The van der Waals surface area contributed by atoms with Crippen LogP contribution in [0, 0.1) is 19.3 Å². The molecule has 3 heterocycles. The smallest absolute Gasteiger partial charge is 0.122 e. The number of para-hydroxylation sites is 1. The van der Waals surface area contributed by atoms with E-state index in [2.05, 4.69) is 61.5 Å². The number of rotatable bonds is 3. The fourth-order valence-electron chi connectivity index (χ4n) is 4.35. The van der Waals surface area contributed by atoms with Gasteiger partial charge in [0.05, 0.1) is 12.3 Å². The van der Waals surface area contributed by atoms with Crippen molar-refractivity contribution in [1.29, 1.82) is 0 Å². The predicted molar refractivity (Wildman–Crippen MR) is 95.4 cm³/mol. The number of benzene rings is 1. The third-order valence-electron chi connectivity index (χ3n) is 5.54. The largest absolute Gasteiger partial charge is 0.493 e. The molecule has 0 atom stereocenters. The Balaban J connectivity index is 1.44.